The normalized spacial score (nSPS) is 12.1. The summed E-state index contributed by atoms with van der Waals surface area (Å²) in [6, 6.07) is 4.68. The van der Waals surface area contributed by atoms with Crippen LogP contribution in [0.15, 0.2) is 24.3 Å². The molecular weight excluding hydrogens is 575 g/mol. The molecule has 0 saturated carbocycles. The third-order valence-electron chi connectivity index (χ3n) is 4.84. The van der Waals surface area contributed by atoms with Gasteiger partial charge in [0.2, 0.25) is 0 Å². The molecule has 0 bridgehead atoms. The largest absolute Gasteiger partial charge is 0.481 e. The standard InChI is InChI=1S/C22H31IN4O8/c23-14-5-7-15(8-6-14)25-21(34)24-11-3-1-2-4-16(12-19(30)31)26-22(35)27-17(13-20(32)33)9-10-18(28)29/h5-8,16-17H,1-4,9-13H2,(H,28,29)(H,30,31)(H,32,33)(H2,24,25,34)(H2,26,27,35)/t16-,17-/m0/s1. The summed E-state index contributed by atoms with van der Waals surface area (Å²) in [6.45, 7) is 0.425. The number of hydrogen-bond donors (Lipinski definition) is 7. The highest BCUT2D eigenvalue weighted by atomic mass is 127. The Labute approximate surface area is 216 Å². The molecule has 13 heteroatoms. The second kappa shape index (κ2) is 16.5. The van der Waals surface area contributed by atoms with E-state index in [0.29, 0.717) is 37.9 Å². The average molecular weight is 606 g/mol. The Morgan fingerprint density at radius 2 is 1.31 bits per heavy atom. The van der Waals surface area contributed by atoms with Gasteiger partial charge in [-0.15, -0.1) is 0 Å². The predicted molar refractivity (Wildman–Crippen MR) is 135 cm³/mol. The maximum absolute atomic E-state index is 12.2. The number of hydrogen-bond acceptors (Lipinski definition) is 5. The number of benzene rings is 1. The quantitative estimate of drug-likeness (QED) is 0.110. The van der Waals surface area contributed by atoms with Crippen LogP contribution in [0.5, 0.6) is 0 Å². The van der Waals surface area contributed by atoms with Crippen LogP contribution >= 0.6 is 22.6 Å². The number of carboxylic acid groups (broad SMARTS) is 3. The molecule has 194 valence electrons. The number of carbonyl (C=O) groups excluding carboxylic acids is 2. The van der Waals surface area contributed by atoms with Crippen molar-refractivity contribution < 1.29 is 39.3 Å². The lowest BCUT2D eigenvalue weighted by Gasteiger charge is -2.21. The van der Waals surface area contributed by atoms with E-state index in [9.17, 15) is 24.0 Å². The third-order valence-corrected chi connectivity index (χ3v) is 5.56. The van der Waals surface area contributed by atoms with E-state index in [1.165, 1.54) is 0 Å². The molecule has 12 nitrogen and oxygen atoms in total. The number of unbranched alkanes of at least 4 members (excludes halogenated alkanes) is 2. The molecule has 0 aliphatic rings. The average Bonchev–Trinajstić information content (AvgIpc) is 2.75. The highest BCUT2D eigenvalue weighted by molar-refractivity contribution is 14.1. The van der Waals surface area contributed by atoms with E-state index in [2.05, 4.69) is 43.9 Å². The van der Waals surface area contributed by atoms with Crippen LogP contribution < -0.4 is 21.3 Å². The summed E-state index contributed by atoms with van der Waals surface area (Å²) in [5.41, 5.74) is 0.678. The van der Waals surface area contributed by atoms with E-state index in [1.807, 2.05) is 12.1 Å². The number of carboxylic acids is 3. The predicted octanol–water partition coefficient (Wildman–Crippen LogP) is 2.82. The topological polar surface area (TPSA) is 194 Å². The third kappa shape index (κ3) is 15.4. The molecule has 0 heterocycles. The fourth-order valence-electron chi connectivity index (χ4n) is 3.19. The molecular formula is C22H31IN4O8. The molecule has 2 atom stereocenters. The van der Waals surface area contributed by atoms with Crippen LogP contribution in [0.2, 0.25) is 0 Å². The lowest BCUT2D eigenvalue weighted by molar-refractivity contribution is -0.139. The number of rotatable bonds is 16. The zero-order chi connectivity index (χ0) is 26.2. The number of anilines is 1. The van der Waals surface area contributed by atoms with Gasteiger partial charge in [-0.25, -0.2) is 9.59 Å². The second-order valence-electron chi connectivity index (χ2n) is 7.88. The molecule has 4 amide bonds. The molecule has 0 aliphatic heterocycles. The van der Waals surface area contributed by atoms with Crippen LogP contribution in [-0.2, 0) is 14.4 Å². The summed E-state index contributed by atoms with van der Waals surface area (Å²) in [6.07, 6.45) is 1.16. The van der Waals surface area contributed by atoms with Gasteiger partial charge in [0.1, 0.15) is 0 Å². The van der Waals surface area contributed by atoms with Crippen LogP contribution in [0.25, 0.3) is 0 Å². The Morgan fingerprint density at radius 3 is 1.86 bits per heavy atom. The maximum atomic E-state index is 12.2. The Kier molecular flexibility index (Phi) is 14.1. The van der Waals surface area contributed by atoms with Gasteiger partial charge >= 0.3 is 30.0 Å². The first-order chi connectivity index (χ1) is 16.5. The molecule has 0 saturated heterocycles. The summed E-state index contributed by atoms with van der Waals surface area (Å²) in [4.78, 5) is 57.0. The molecule has 0 fully saturated rings. The summed E-state index contributed by atoms with van der Waals surface area (Å²) in [5.74, 6) is -3.41. The minimum atomic E-state index is -1.19. The van der Waals surface area contributed by atoms with Gasteiger partial charge in [0, 0.05) is 34.3 Å². The first-order valence-electron chi connectivity index (χ1n) is 11.1. The summed E-state index contributed by atoms with van der Waals surface area (Å²) >= 11 is 2.17. The Balaban J connectivity index is 2.37. The van der Waals surface area contributed by atoms with Gasteiger partial charge in [-0.2, -0.15) is 0 Å². The molecule has 35 heavy (non-hydrogen) atoms. The molecule has 0 aliphatic carbocycles. The highest BCUT2D eigenvalue weighted by Gasteiger charge is 2.20. The number of amides is 4. The Morgan fingerprint density at radius 1 is 0.743 bits per heavy atom. The van der Waals surface area contributed by atoms with Crippen molar-refractivity contribution in [2.24, 2.45) is 0 Å². The Bertz CT molecular complexity index is 866. The van der Waals surface area contributed by atoms with E-state index in [4.69, 9.17) is 15.3 Å². The van der Waals surface area contributed by atoms with Crippen LogP contribution in [0.1, 0.15) is 51.4 Å². The van der Waals surface area contributed by atoms with Gasteiger partial charge in [-0.3, -0.25) is 14.4 Å². The number of nitrogens with one attached hydrogen (secondary N) is 4. The van der Waals surface area contributed by atoms with E-state index < -0.39 is 42.4 Å². The first kappa shape index (κ1) is 29.9. The molecule has 0 spiro atoms. The lowest BCUT2D eigenvalue weighted by Crippen LogP contribution is -2.47. The number of halogens is 1. The SMILES string of the molecule is O=C(O)CC[C@@H](CC(=O)O)NC(=O)N[C@@H](CCCCCNC(=O)Nc1ccc(I)cc1)CC(=O)O. The molecule has 1 aromatic carbocycles. The molecule has 0 radical (unpaired) electrons. The van der Waals surface area contributed by atoms with Crippen LogP contribution in [0, 0.1) is 3.57 Å². The van der Waals surface area contributed by atoms with Gasteiger partial charge in [0.25, 0.3) is 0 Å². The van der Waals surface area contributed by atoms with E-state index in [1.54, 1.807) is 12.1 Å². The molecule has 0 unspecified atom stereocenters. The zero-order valence-electron chi connectivity index (χ0n) is 19.1. The van der Waals surface area contributed by atoms with E-state index >= 15 is 0 Å². The van der Waals surface area contributed by atoms with Crippen molar-refractivity contribution in [2.45, 2.75) is 63.5 Å². The van der Waals surface area contributed by atoms with Crippen molar-refractivity contribution in [2.75, 3.05) is 11.9 Å². The van der Waals surface area contributed by atoms with Gasteiger partial charge in [-0.1, -0.05) is 12.8 Å². The van der Waals surface area contributed by atoms with Gasteiger partial charge in [0.05, 0.1) is 12.8 Å². The fourth-order valence-corrected chi connectivity index (χ4v) is 3.54. The molecule has 0 aromatic heterocycles. The van der Waals surface area contributed by atoms with Crippen molar-refractivity contribution in [1.29, 1.82) is 0 Å². The maximum Gasteiger partial charge on any atom is 0.319 e. The monoisotopic (exact) mass is 606 g/mol. The van der Waals surface area contributed by atoms with Crippen molar-refractivity contribution >= 4 is 58.2 Å². The minimum absolute atomic E-state index is 0.0667. The second-order valence-corrected chi connectivity index (χ2v) is 9.12. The smallest absolute Gasteiger partial charge is 0.319 e. The van der Waals surface area contributed by atoms with E-state index in [-0.39, 0.29) is 25.3 Å². The van der Waals surface area contributed by atoms with Gasteiger partial charge < -0.3 is 36.6 Å². The number of aliphatic carboxylic acids is 3. The highest BCUT2D eigenvalue weighted by Crippen LogP contribution is 2.11. The first-order valence-corrected chi connectivity index (χ1v) is 12.2. The van der Waals surface area contributed by atoms with Crippen molar-refractivity contribution in [3.63, 3.8) is 0 Å². The lowest BCUT2D eigenvalue weighted by atomic mass is 10.1. The van der Waals surface area contributed by atoms with Crippen LogP contribution in [-0.4, -0.2) is 63.9 Å². The van der Waals surface area contributed by atoms with Crippen molar-refractivity contribution in [1.82, 2.24) is 16.0 Å². The minimum Gasteiger partial charge on any atom is -0.481 e. The molecule has 7 N–H and O–H groups in total. The fraction of sp³-hybridized carbons (Fsp3) is 0.500. The molecule has 1 aromatic rings. The van der Waals surface area contributed by atoms with E-state index in [0.717, 1.165) is 3.57 Å². The summed E-state index contributed by atoms with van der Waals surface area (Å²) < 4.78 is 1.06. The van der Waals surface area contributed by atoms with Crippen molar-refractivity contribution in [3.05, 3.63) is 27.8 Å². The Hall–Kier alpha value is -3.10. The number of carbonyl (C=O) groups is 5. The van der Waals surface area contributed by atoms with Gasteiger partial charge in [0.15, 0.2) is 0 Å². The summed E-state index contributed by atoms with van der Waals surface area (Å²) in [5, 5.41) is 37.2. The van der Waals surface area contributed by atoms with Crippen LogP contribution in [0.3, 0.4) is 0 Å². The zero-order valence-corrected chi connectivity index (χ0v) is 21.2. The van der Waals surface area contributed by atoms with Crippen LogP contribution in [0.4, 0.5) is 15.3 Å². The van der Waals surface area contributed by atoms with Gasteiger partial charge in [-0.05, 0) is 66.1 Å². The van der Waals surface area contributed by atoms with Crippen molar-refractivity contribution in [3.8, 4) is 0 Å². The molecule has 1 rings (SSSR count). The number of urea groups is 2. The summed E-state index contributed by atoms with van der Waals surface area (Å²) in [7, 11) is 0.